The second-order valence-corrected chi connectivity index (χ2v) is 6.31. The summed E-state index contributed by atoms with van der Waals surface area (Å²) in [5.41, 5.74) is 0. The van der Waals surface area contributed by atoms with Gasteiger partial charge in [-0.25, -0.2) is 13.1 Å². The molecular weight excluding hydrogens is 274 g/mol. The van der Waals surface area contributed by atoms with Gasteiger partial charge in [0.2, 0.25) is 10.0 Å². The third-order valence-corrected chi connectivity index (χ3v) is 4.63. The van der Waals surface area contributed by atoms with E-state index in [1.807, 2.05) is 30.3 Å². The molecule has 2 aromatic rings. The van der Waals surface area contributed by atoms with Gasteiger partial charge in [0.25, 0.3) is 0 Å². The molecule has 2 rings (SSSR count). The maximum atomic E-state index is 12.3. The Bertz CT molecular complexity index is 662. The number of methoxy groups -OCH3 is 1. The molecule has 0 radical (unpaired) electrons. The number of sulfonamides is 1. The third kappa shape index (κ3) is 3.56. The van der Waals surface area contributed by atoms with Crippen LogP contribution in [0.3, 0.4) is 0 Å². The minimum atomic E-state index is -3.46. The highest BCUT2D eigenvalue weighted by Gasteiger charge is 2.15. The quantitative estimate of drug-likeness (QED) is 0.798. The summed E-state index contributed by atoms with van der Waals surface area (Å²) in [6.07, 6.45) is 1.60. The normalized spacial score (nSPS) is 11.8. The Morgan fingerprint density at radius 3 is 2.60 bits per heavy atom. The van der Waals surface area contributed by atoms with E-state index in [0.29, 0.717) is 18.0 Å². The van der Waals surface area contributed by atoms with Crippen LogP contribution in [0.1, 0.15) is 12.8 Å². The van der Waals surface area contributed by atoms with Crippen LogP contribution >= 0.6 is 0 Å². The van der Waals surface area contributed by atoms with Crippen LogP contribution in [-0.4, -0.2) is 28.7 Å². The largest absolute Gasteiger partial charge is 0.385 e. The molecule has 0 atom stereocenters. The molecule has 20 heavy (non-hydrogen) atoms. The Morgan fingerprint density at radius 2 is 1.80 bits per heavy atom. The molecule has 1 N–H and O–H groups in total. The van der Waals surface area contributed by atoms with E-state index in [0.717, 1.165) is 23.6 Å². The molecular formula is C15H19NO3S. The highest BCUT2D eigenvalue weighted by atomic mass is 32.2. The highest BCUT2D eigenvalue weighted by Crippen LogP contribution is 2.22. The van der Waals surface area contributed by atoms with Crippen LogP contribution in [0.2, 0.25) is 0 Å². The average molecular weight is 293 g/mol. The number of unbranched alkanes of at least 4 members (excludes halogenated alkanes) is 1. The summed E-state index contributed by atoms with van der Waals surface area (Å²) in [4.78, 5) is 0.336. The molecule has 0 saturated carbocycles. The molecule has 0 amide bonds. The van der Waals surface area contributed by atoms with Gasteiger partial charge in [-0.15, -0.1) is 0 Å². The van der Waals surface area contributed by atoms with E-state index < -0.39 is 10.0 Å². The van der Waals surface area contributed by atoms with Gasteiger partial charge in [0, 0.05) is 25.6 Å². The predicted octanol–water partition coefficient (Wildman–Crippen LogP) is 2.54. The van der Waals surface area contributed by atoms with Gasteiger partial charge in [-0.1, -0.05) is 36.4 Å². The lowest BCUT2D eigenvalue weighted by Gasteiger charge is -2.09. The first-order chi connectivity index (χ1) is 9.65. The molecule has 5 heteroatoms. The van der Waals surface area contributed by atoms with Crippen molar-refractivity contribution in [1.82, 2.24) is 4.72 Å². The topological polar surface area (TPSA) is 55.4 Å². The van der Waals surface area contributed by atoms with Crippen molar-refractivity contribution in [2.24, 2.45) is 0 Å². The number of nitrogens with one attached hydrogen (secondary N) is 1. The third-order valence-electron chi connectivity index (χ3n) is 3.11. The summed E-state index contributed by atoms with van der Waals surface area (Å²) in [5.74, 6) is 0. The SMILES string of the molecule is COCCCCNS(=O)(=O)c1cccc2ccccc12. The standard InChI is InChI=1S/C15H19NO3S/c1-19-12-5-4-11-16-20(17,18)15-10-6-8-13-7-2-3-9-14(13)15/h2-3,6-10,16H,4-5,11-12H2,1H3. The van der Waals surface area contributed by atoms with Crippen LogP contribution in [-0.2, 0) is 14.8 Å². The average Bonchev–Trinajstić information content (AvgIpc) is 2.46. The summed E-state index contributed by atoms with van der Waals surface area (Å²) in [6.45, 7) is 1.07. The van der Waals surface area contributed by atoms with E-state index in [-0.39, 0.29) is 0 Å². The minimum Gasteiger partial charge on any atom is -0.385 e. The van der Waals surface area contributed by atoms with Gasteiger partial charge in [0.1, 0.15) is 0 Å². The number of benzene rings is 2. The summed E-state index contributed by atoms with van der Waals surface area (Å²) < 4.78 is 32.3. The van der Waals surface area contributed by atoms with Gasteiger partial charge in [-0.3, -0.25) is 0 Å². The summed E-state index contributed by atoms with van der Waals surface area (Å²) in [5, 5.41) is 1.68. The molecule has 4 nitrogen and oxygen atoms in total. The molecule has 0 aliphatic rings. The number of ether oxygens (including phenoxy) is 1. The zero-order valence-corrected chi connectivity index (χ0v) is 12.3. The van der Waals surface area contributed by atoms with Crippen molar-refractivity contribution >= 4 is 20.8 Å². The van der Waals surface area contributed by atoms with Gasteiger partial charge < -0.3 is 4.74 Å². The Balaban J connectivity index is 2.15. The number of hydrogen-bond acceptors (Lipinski definition) is 3. The van der Waals surface area contributed by atoms with Crippen LogP contribution in [0.25, 0.3) is 10.8 Å². The Morgan fingerprint density at radius 1 is 1.05 bits per heavy atom. The maximum Gasteiger partial charge on any atom is 0.241 e. The molecule has 0 bridgehead atoms. The first-order valence-corrected chi connectivity index (χ1v) is 8.10. The van der Waals surface area contributed by atoms with Crippen molar-refractivity contribution < 1.29 is 13.2 Å². The summed E-state index contributed by atoms with van der Waals surface area (Å²) in [7, 11) is -1.83. The van der Waals surface area contributed by atoms with Gasteiger partial charge in [0.15, 0.2) is 0 Å². The number of fused-ring (bicyclic) bond motifs is 1. The van der Waals surface area contributed by atoms with Crippen molar-refractivity contribution in [2.75, 3.05) is 20.3 Å². The first-order valence-electron chi connectivity index (χ1n) is 6.61. The second kappa shape index (κ2) is 6.83. The molecule has 0 unspecified atom stereocenters. The fraction of sp³-hybridized carbons (Fsp3) is 0.333. The Labute approximate surface area is 119 Å². The van der Waals surface area contributed by atoms with Gasteiger partial charge in [-0.05, 0) is 24.3 Å². The smallest absolute Gasteiger partial charge is 0.241 e. The maximum absolute atomic E-state index is 12.3. The summed E-state index contributed by atoms with van der Waals surface area (Å²) in [6, 6.07) is 12.8. The fourth-order valence-corrected chi connectivity index (χ4v) is 3.39. The number of rotatable bonds is 7. The lowest BCUT2D eigenvalue weighted by molar-refractivity contribution is 0.193. The van der Waals surface area contributed by atoms with Crippen molar-refractivity contribution in [1.29, 1.82) is 0 Å². The van der Waals surface area contributed by atoms with Crippen molar-refractivity contribution in [3.05, 3.63) is 42.5 Å². The summed E-state index contributed by atoms with van der Waals surface area (Å²) >= 11 is 0. The van der Waals surface area contributed by atoms with E-state index in [9.17, 15) is 8.42 Å². The van der Waals surface area contributed by atoms with Crippen molar-refractivity contribution in [2.45, 2.75) is 17.7 Å². The predicted molar refractivity (Wildman–Crippen MR) is 80.2 cm³/mol. The van der Waals surface area contributed by atoms with Gasteiger partial charge >= 0.3 is 0 Å². The molecule has 2 aromatic carbocycles. The number of hydrogen-bond donors (Lipinski definition) is 1. The van der Waals surface area contributed by atoms with Crippen LogP contribution in [0.4, 0.5) is 0 Å². The van der Waals surface area contributed by atoms with E-state index in [4.69, 9.17) is 4.74 Å². The van der Waals surface area contributed by atoms with Gasteiger partial charge in [0.05, 0.1) is 4.90 Å². The monoisotopic (exact) mass is 293 g/mol. The molecule has 108 valence electrons. The Kier molecular flexibility index (Phi) is 5.11. The van der Waals surface area contributed by atoms with E-state index in [1.54, 1.807) is 19.2 Å². The van der Waals surface area contributed by atoms with Crippen LogP contribution in [0.5, 0.6) is 0 Å². The molecule has 0 fully saturated rings. The van der Waals surface area contributed by atoms with Crippen molar-refractivity contribution in [3.8, 4) is 0 Å². The van der Waals surface area contributed by atoms with Crippen LogP contribution < -0.4 is 4.72 Å². The molecule has 0 saturated heterocycles. The van der Waals surface area contributed by atoms with E-state index in [1.165, 1.54) is 0 Å². The van der Waals surface area contributed by atoms with Crippen LogP contribution in [0, 0.1) is 0 Å². The zero-order chi connectivity index (χ0) is 14.4. The molecule has 0 spiro atoms. The fourth-order valence-electron chi connectivity index (χ4n) is 2.09. The first kappa shape index (κ1) is 15.0. The molecule has 0 heterocycles. The van der Waals surface area contributed by atoms with E-state index in [2.05, 4.69) is 4.72 Å². The molecule has 0 aromatic heterocycles. The zero-order valence-electron chi connectivity index (χ0n) is 11.5. The highest BCUT2D eigenvalue weighted by molar-refractivity contribution is 7.89. The molecule has 0 aliphatic heterocycles. The lowest BCUT2D eigenvalue weighted by atomic mass is 10.1. The second-order valence-electron chi connectivity index (χ2n) is 4.57. The molecule has 0 aliphatic carbocycles. The minimum absolute atomic E-state index is 0.336. The Hall–Kier alpha value is -1.43. The lowest BCUT2D eigenvalue weighted by Crippen LogP contribution is -2.25. The van der Waals surface area contributed by atoms with Crippen LogP contribution in [0.15, 0.2) is 47.4 Å². The van der Waals surface area contributed by atoms with E-state index >= 15 is 0 Å². The van der Waals surface area contributed by atoms with Crippen molar-refractivity contribution in [3.63, 3.8) is 0 Å². The van der Waals surface area contributed by atoms with Gasteiger partial charge in [-0.2, -0.15) is 0 Å².